The molecule has 2 rings (SSSR count). The van der Waals surface area contributed by atoms with Gasteiger partial charge in [-0.05, 0) is 25.5 Å². The molecule has 0 spiro atoms. The van der Waals surface area contributed by atoms with Crippen LogP contribution in [0.25, 0.3) is 6.08 Å². The molecule has 5 heteroatoms. The minimum absolute atomic E-state index is 0.175. The van der Waals surface area contributed by atoms with Gasteiger partial charge in [0, 0.05) is 24.7 Å². The Bertz CT molecular complexity index is 581. The summed E-state index contributed by atoms with van der Waals surface area (Å²) in [7, 11) is 1.58. The lowest BCUT2D eigenvalue weighted by molar-refractivity contribution is -0.147. The third-order valence-corrected chi connectivity index (χ3v) is 3.85. The van der Waals surface area contributed by atoms with E-state index in [9.17, 15) is 14.7 Å². The maximum atomic E-state index is 12.1. The number of ether oxygens (including phenoxy) is 1. The van der Waals surface area contributed by atoms with E-state index >= 15 is 0 Å². The van der Waals surface area contributed by atoms with Crippen LogP contribution in [0.3, 0.4) is 0 Å². The molecule has 112 valence electrons. The van der Waals surface area contributed by atoms with E-state index in [4.69, 9.17) is 4.74 Å². The van der Waals surface area contributed by atoms with E-state index in [1.54, 1.807) is 25.0 Å². The predicted molar refractivity (Wildman–Crippen MR) is 79.0 cm³/mol. The van der Waals surface area contributed by atoms with Crippen molar-refractivity contribution in [2.75, 3.05) is 20.2 Å². The minimum atomic E-state index is -0.855. The molecule has 21 heavy (non-hydrogen) atoms. The van der Waals surface area contributed by atoms with Gasteiger partial charge in [0.15, 0.2) is 0 Å². The standard InChI is InChI=1S/C16H19NO4/c1-16(15(19)20)9-10-17(11-16)14(18)8-7-12-5-3-4-6-13(12)21-2/h3-8H,9-11H2,1-2H3,(H,19,20)/b8-7-/t16-/m1/s1. The maximum absolute atomic E-state index is 12.1. The van der Waals surface area contributed by atoms with E-state index in [-0.39, 0.29) is 12.5 Å². The molecule has 1 aliphatic heterocycles. The Morgan fingerprint density at radius 1 is 1.38 bits per heavy atom. The molecule has 1 saturated heterocycles. The Labute approximate surface area is 123 Å². The third-order valence-electron chi connectivity index (χ3n) is 3.85. The van der Waals surface area contributed by atoms with Crippen molar-refractivity contribution in [1.82, 2.24) is 4.90 Å². The molecule has 1 N–H and O–H groups in total. The highest BCUT2D eigenvalue weighted by Gasteiger charge is 2.41. The van der Waals surface area contributed by atoms with E-state index in [0.29, 0.717) is 18.7 Å². The highest BCUT2D eigenvalue weighted by molar-refractivity contribution is 5.93. The average molecular weight is 289 g/mol. The quantitative estimate of drug-likeness (QED) is 0.861. The molecule has 0 aliphatic carbocycles. The number of methoxy groups -OCH3 is 1. The molecule has 1 aromatic rings. The van der Waals surface area contributed by atoms with Gasteiger partial charge in [0.05, 0.1) is 12.5 Å². The highest BCUT2D eigenvalue weighted by Crippen LogP contribution is 2.30. The Hall–Kier alpha value is -2.30. The van der Waals surface area contributed by atoms with Crippen molar-refractivity contribution in [2.24, 2.45) is 5.41 Å². The number of amides is 1. The molecule has 0 bridgehead atoms. The summed E-state index contributed by atoms with van der Waals surface area (Å²) in [5.74, 6) is -0.337. The van der Waals surface area contributed by atoms with Crippen molar-refractivity contribution >= 4 is 18.0 Å². The highest BCUT2D eigenvalue weighted by atomic mass is 16.5. The van der Waals surface area contributed by atoms with Crippen LogP contribution in [-0.4, -0.2) is 42.1 Å². The molecule has 5 nitrogen and oxygen atoms in total. The second kappa shape index (κ2) is 5.99. The number of carboxylic acid groups (broad SMARTS) is 1. The van der Waals surface area contributed by atoms with Crippen LogP contribution >= 0.6 is 0 Å². The number of para-hydroxylation sites is 1. The summed E-state index contributed by atoms with van der Waals surface area (Å²) in [5, 5.41) is 9.18. The van der Waals surface area contributed by atoms with E-state index in [2.05, 4.69) is 0 Å². The summed E-state index contributed by atoms with van der Waals surface area (Å²) in [6.07, 6.45) is 3.64. The van der Waals surface area contributed by atoms with Crippen molar-refractivity contribution < 1.29 is 19.4 Å². The number of hydrogen-bond donors (Lipinski definition) is 1. The number of benzene rings is 1. The summed E-state index contributed by atoms with van der Waals surface area (Å²) >= 11 is 0. The molecule has 1 aliphatic rings. The lowest BCUT2D eigenvalue weighted by Gasteiger charge is -2.19. The Morgan fingerprint density at radius 2 is 2.10 bits per heavy atom. The first-order valence-electron chi connectivity index (χ1n) is 6.80. The van der Waals surface area contributed by atoms with Crippen LogP contribution in [0.15, 0.2) is 30.3 Å². The predicted octanol–water partition coefficient (Wildman–Crippen LogP) is 2.03. The summed E-state index contributed by atoms with van der Waals surface area (Å²) in [5.41, 5.74) is -0.0259. The zero-order valence-corrected chi connectivity index (χ0v) is 12.2. The van der Waals surface area contributed by atoms with Crippen molar-refractivity contribution in [3.05, 3.63) is 35.9 Å². The van der Waals surface area contributed by atoms with Crippen LogP contribution < -0.4 is 4.74 Å². The van der Waals surface area contributed by atoms with E-state index in [1.807, 2.05) is 24.3 Å². The molecular formula is C16H19NO4. The van der Waals surface area contributed by atoms with Crippen LogP contribution in [0.5, 0.6) is 5.75 Å². The lowest BCUT2D eigenvalue weighted by Crippen LogP contribution is -2.34. The fourth-order valence-electron chi connectivity index (χ4n) is 2.39. The summed E-state index contributed by atoms with van der Waals surface area (Å²) < 4.78 is 5.21. The van der Waals surface area contributed by atoms with Crippen LogP contribution in [-0.2, 0) is 9.59 Å². The molecule has 0 unspecified atom stereocenters. The first-order chi connectivity index (χ1) is 9.96. The number of carboxylic acids is 1. The second-order valence-electron chi connectivity index (χ2n) is 5.45. The number of rotatable bonds is 4. The fourth-order valence-corrected chi connectivity index (χ4v) is 2.39. The molecule has 1 atom stereocenters. The monoisotopic (exact) mass is 289 g/mol. The van der Waals surface area contributed by atoms with Gasteiger partial charge in [-0.25, -0.2) is 0 Å². The molecular weight excluding hydrogens is 270 g/mol. The Morgan fingerprint density at radius 3 is 2.71 bits per heavy atom. The average Bonchev–Trinajstić information content (AvgIpc) is 2.89. The van der Waals surface area contributed by atoms with Crippen LogP contribution in [0.1, 0.15) is 18.9 Å². The van der Waals surface area contributed by atoms with Crippen molar-refractivity contribution in [2.45, 2.75) is 13.3 Å². The molecule has 1 heterocycles. The van der Waals surface area contributed by atoms with Gasteiger partial charge in [-0.3, -0.25) is 9.59 Å². The first-order valence-corrected chi connectivity index (χ1v) is 6.80. The number of carbonyl (C=O) groups is 2. The van der Waals surface area contributed by atoms with Gasteiger partial charge >= 0.3 is 5.97 Å². The largest absolute Gasteiger partial charge is 0.496 e. The van der Waals surface area contributed by atoms with Crippen LogP contribution in [0.4, 0.5) is 0 Å². The number of hydrogen-bond acceptors (Lipinski definition) is 3. The zero-order valence-electron chi connectivity index (χ0n) is 12.2. The van der Waals surface area contributed by atoms with Crippen LogP contribution in [0.2, 0.25) is 0 Å². The topological polar surface area (TPSA) is 66.8 Å². The Kier molecular flexibility index (Phi) is 4.31. The summed E-state index contributed by atoms with van der Waals surface area (Å²) in [6.45, 7) is 2.39. The van der Waals surface area contributed by atoms with Gasteiger partial charge in [0.2, 0.25) is 5.91 Å². The van der Waals surface area contributed by atoms with Gasteiger partial charge in [-0.2, -0.15) is 0 Å². The molecule has 1 fully saturated rings. The maximum Gasteiger partial charge on any atom is 0.311 e. The lowest BCUT2D eigenvalue weighted by atomic mass is 9.90. The van der Waals surface area contributed by atoms with E-state index < -0.39 is 11.4 Å². The molecule has 0 radical (unpaired) electrons. The van der Waals surface area contributed by atoms with Crippen molar-refractivity contribution in [3.63, 3.8) is 0 Å². The summed E-state index contributed by atoms with van der Waals surface area (Å²) in [6, 6.07) is 7.40. The van der Waals surface area contributed by atoms with Crippen molar-refractivity contribution in [3.8, 4) is 5.75 Å². The molecule has 0 aromatic heterocycles. The summed E-state index contributed by atoms with van der Waals surface area (Å²) in [4.78, 5) is 24.9. The van der Waals surface area contributed by atoms with Gasteiger partial charge in [-0.15, -0.1) is 0 Å². The number of carbonyl (C=O) groups excluding carboxylic acids is 1. The van der Waals surface area contributed by atoms with E-state index in [1.165, 1.54) is 6.08 Å². The second-order valence-corrected chi connectivity index (χ2v) is 5.45. The fraction of sp³-hybridized carbons (Fsp3) is 0.375. The Balaban J connectivity index is 2.06. The SMILES string of the molecule is COc1ccccc1/C=C\C(=O)N1CC[C@@](C)(C(=O)O)C1. The molecule has 1 aromatic carbocycles. The molecule has 0 saturated carbocycles. The van der Waals surface area contributed by atoms with E-state index in [0.717, 1.165) is 5.56 Å². The van der Waals surface area contributed by atoms with Gasteiger partial charge in [-0.1, -0.05) is 18.2 Å². The number of likely N-dealkylation sites (tertiary alicyclic amines) is 1. The number of aliphatic carboxylic acids is 1. The normalized spacial score (nSPS) is 21.7. The minimum Gasteiger partial charge on any atom is -0.496 e. The van der Waals surface area contributed by atoms with Gasteiger partial charge < -0.3 is 14.7 Å². The third kappa shape index (κ3) is 3.24. The van der Waals surface area contributed by atoms with Crippen molar-refractivity contribution in [1.29, 1.82) is 0 Å². The van der Waals surface area contributed by atoms with Gasteiger partial charge in [0.25, 0.3) is 0 Å². The first kappa shape index (κ1) is 15.1. The van der Waals surface area contributed by atoms with Crippen LogP contribution in [0, 0.1) is 5.41 Å². The van der Waals surface area contributed by atoms with Gasteiger partial charge in [0.1, 0.15) is 5.75 Å². The zero-order chi connectivity index (χ0) is 15.5. The number of nitrogens with zero attached hydrogens (tertiary/aromatic N) is 1. The molecule has 1 amide bonds. The smallest absolute Gasteiger partial charge is 0.311 e.